The molecular formula is C21H20O5. The molecule has 1 atom stereocenters. The van der Waals surface area contributed by atoms with Gasteiger partial charge in [0.25, 0.3) is 0 Å². The molecule has 0 saturated heterocycles. The lowest BCUT2D eigenvalue weighted by Gasteiger charge is -2.18. The number of benzene rings is 3. The van der Waals surface area contributed by atoms with Gasteiger partial charge in [-0.15, -0.1) is 0 Å². The summed E-state index contributed by atoms with van der Waals surface area (Å²) in [6.45, 7) is 0. The maximum absolute atomic E-state index is 11.7. The number of hydrogen-bond donors (Lipinski definition) is 1. The summed E-state index contributed by atoms with van der Waals surface area (Å²) in [6.07, 6.45) is -0.889. The molecular weight excluding hydrogens is 332 g/mol. The molecule has 134 valence electrons. The molecule has 26 heavy (non-hydrogen) atoms. The van der Waals surface area contributed by atoms with Crippen molar-refractivity contribution in [3.8, 4) is 17.2 Å². The van der Waals surface area contributed by atoms with Gasteiger partial charge in [-0.3, -0.25) is 0 Å². The predicted octanol–water partition coefficient (Wildman–Crippen LogP) is 3.93. The van der Waals surface area contributed by atoms with Gasteiger partial charge in [0.05, 0.1) is 14.2 Å². The molecule has 3 rings (SSSR count). The molecule has 3 aromatic rings. The number of carboxylic acid groups (broad SMARTS) is 1. The zero-order chi connectivity index (χ0) is 18.5. The minimum Gasteiger partial charge on any atom is -0.497 e. The summed E-state index contributed by atoms with van der Waals surface area (Å²) in [5, 5.41) is 11.7. The van der Waals surface area contributed by atoms with Crippen LogP contribution in [0.2, 0.25) is 0 Å². The molecule has 0 radical (unpaired) electrons. The van der Waals surface area contributed by atoms with Crippen LogP contribution in [0.1, 0.15) is 5.56 Å². The summed E-state index contributed by atoms with van der Waals surface area (Å²) in [7, 11) is 3.11. The van der Waals surface area contributed by atoms with Crippen LogP contribution in [0, 0.1) is 0 Å². The van der Waals surface area contributed by atoms with Gasteiger partial charge in [0.15, 0.2) is 6.10 Å². The standard InChI is InChI=1S/C21H20O5/c1-24-17-9-10-19(25-2)16(12-17)13-20(21(22)23)26-18-8-7-14-5-3-4-6-15(14)11-18/h3-12,20H,13H2,1-2H3,(H,22,23)/t20-/m0/s1. The SMILES string of the molecule is COc1ccc(OC)c(C[C@H](Oc2ccc3ccccc3c2)C(=O)O)c1. The van der Waals surface area contributed by atoms with E-state index in [-0.39, 0.29) is 6.42 Å². The number of fused-ring (bicyclic) bond motifs is 1. The minimum absolute atomic E-state index is 0.155. The summed E-state index contributed by atoms with van der Waals surface area (Å²) in [5.41, 5.74) is 0.708. The van der Waals surface area contributed by atoms with E-state index in [1.54, 1.807) is 38.5 Å². The van der Waals surface area contributed by atoms with E-state index in [9.17, 15) is 9.90 Å². The average Bonchev–Trinajstić information content (AvgIpc) is 2.67. The molecule has 5 heteroatoms. The van der Waals surface area contributed by atoms with Gasteiger partial charge < -0.3 is 19.3 Å². The molecule has 0 fully saturated rings. The molecule has 0 bridgehead atoms. The Morgan fingerprint density at radius 3 is 2.35 bits per heavy atom. The van der Waals surface area contributed by atoms with Gasteiger partial charge >= 0.3 is 5.97 Å². The first-order valence-corrected chi connectivity index (χ1v) is 8.20. The Morgan fingerprint density at radius 1 is 0.923 bits per heavy atom. The normalized spacial score (nSPS) is 11.8. The number of methoxy groups -OCH3 is 2. The molecule has 0 saturated carbocycles. The quantitative estimate of drug-likeness (QED) is 0.698. The first-order valence-electron chi connectivity index (χ1n) is 8.20. The largest absolute Gasteiger partial charge is 0.497 e. The zero-order valence-corrected chi connectivity index (χ0v) is 14.6. The Hall–Kier alpha value is -3.21. The van der Waals surface area contributed by atoms with Crippen molar-refractivity contribution in [2.45, 2.75) is 12.5 Å². The Labute approximate surface area is 151 Å². The van der Waals surface area contributed by atoms with Gasteiger partial charge in [-0.05, 0) is 41.1 Å². The summed E-state index contributed by atoms with van der Waals surface area (Å²) < 4.78 is 16.3. The van der Waals surface area contributed by atoms with E-state index in [1.165, 1.54) is 0 Å². The van der Waals surface area contributed by atoms with Crippen LogP contribution in [0.3, 0.4) is 0 Å². The summed E-state index contributed by atoms with van der Waals surface area (Å²) in [5.74, 6) is 0.704. The van der Waals surface area contributed by atoms with Crippen LogP contribution in [0.5, 0.6) is 17.2 Å². The van der Waals surface area contributed by atoms with Crippen LogP contribution < -0.4 is 14.2 Å². The predicted molar refractivity (Wildman–Crippen MR) is 99.2 cm³/mol. The number of ether oxygens (including phenoxy) is 3. The van der Waals surface area contributed by atoms with Gasteiger partial charge in [0.2, 0.25) is 0 Å². The summed E-state index contributed by atoms with van der Waals surface area (Å²) >= 11 is 0. The van der Waals surface area contributed by atoms with Crippen molar-refractivity contribution in [1.29, 1.82) is 0 Å². The highest BCUT2D eigenvalue weighted by atomic mass is 16.5. The highest BCUT2D eigenvalue weighted by Gasteiger charge is 2.22. The van der Waals surface area contributed by atoms with Crippen LogP contribution >= 0.6 is 0 Å². The second-order valence-corrected chi connectivity index (χ2v) is 5.84. The monoisotopic (exact) mass is 352 g/mol. The van der Waals surface area contributed by atoms with E-state index in [2.05, 4.69) is 0 Å². The van der Waals surface area contributed by atoms with Crippen molar-refractivity contribution in [3.05, 3.63) is 66.2 Å². The number of aliphatic carboxylic acids is 1. The van der Waals surface area contributed by atoms with E-state index in [0.717, 1.165) is 10.8 Å². The zero-order valence-electron chi connectivity index (χ0n) is 14.6. The highest BCUT2D eigenvalue weighted by molar-refractivity contribution is 5.84. The number of carbonyl (C=O) groups is 1. The third kappa shape index (κ3) is 3.88. The van der Waals surface area contributed by atoms with Gasteiger partial charge in [-0.1, -0.05) is 30.3 Å². The first-order chi connectivity index (χ1) is 12.6. The minimum atomic E-state index is -1.04. The van der Waals surface area contributed by atoms with Gasteiger partial charge in [0, 0.05) is 12.0 Å². The smallest absolute Gasteiger partial charge is 0.345 e. The van der Waals surface area contributed by atoms with Crippen molar-refractivity contribution in [2.75, 3.05) is 14.2 Å². The Morgan fingerprint density at radius 2 is 1.65 bits per heavy atom. The fraction of sp³-hybridized carbons (Fsp3) is 0.190. The Kier molecular flexibility index (Phi) is 5.27. The molecule has 0 spiro atoms. The van der Waals surface area contributed by atoms with Crippen LogP contribution in [0.15, 0.2) is 60.7 Å². The fourth-order valence-electron chi connectivity index (χ4n) is 2.83. The highest BCUT2D eigenvalue weighted by Crippen LogP contribution is 2.27. The van der Waals surface area contributed by atoms with Crippen LogP contribution in [0.25, 0.3) is 10.8 Å². The molecule has 0 amide bonds. The van der Waals surface area contributed by atoms with Crippen molar-refractivity contribution in [1.82, 2.24) is 0 Å². The lowest BCUT2D eigenvalue weighted by molar-refractivity contribution is -0.145. The van der Waals surface area contributed by atoms with E-state index >= 15 is 0 Å². The first kappa shape index (κ1) is 17.6. The summed E-state index contributed by atoms with van der Waals surface area (Å²) in [6, 6.07) is 18.7. The van der Waals surface area contributed by atoms with Crippen molar-refractivity contribution >= 4 is 16.7 Å². The van der Waals surface area contributed by atoms with Crippen molar-refractivity contribution in [2.24, 2.45) is 0 Å². The molecule has 0 heterocycles. The lowest BCUT2D eigenvalue weighted by atomic mass is 10.1. The van der Waals surface area contributed by atoms with Gasteiger partial charge in [0.1, 0.15) is 17.2 Å². The Bertz CT molecular complexity index is 919. The maximum atomic E-state index is 11.7. The third-order valence-corrected chi connectivity index (χ3v) is 4.17. The Balaban J connectivity index is 1.86. The average molecular weight is 352 g/mol. The number of carboxylic acids is 1. The van der Waals surface area contributed by atoms with Gasteiger partial charge in [-0.2, -0.15) is 0 Å². The fourth-order valence-corrected chi connectivity index (χ4v) is 2.83. The van der Waals surface area contributed by atoms with Crippen molar-refractivity contribution in [3.63, 3.8) is 0 Å². The van der Waals surface area contributed by atoms with E-state index in [4.69, 9.17) is 14.2 Å². The van der Waals surface area contributed by atoms with Crippen molar-refractivity contribution < 1.29 is 24.1 Å². The molecule has 1 N–H and O–H groups in total. The second-order valence-electron chi connectivity index (χ2n) is 5.84. The molecule has 0 aliphatic heterocycles. The molecule has 0 aliphatic carbocycles. The molecule has 3 aromatic carbocycles. The molecule has 0 aliphatic rings. The van der Waals surface area contributed by atoms with Crippen LogP contribution in [-0.4, -0.2) is 31.4 Å². The van der Waals surface area contributed by atoms with Crippen LogP contribution in [-0.2, 0) is 11.2 Å². The molecule has 0 aromatic heterocycles. The molecule has 5 nitrogen and oxygen atoms in total. The van der Waals surface area contributed by atoms with Crippen LogP contribution in [0.4, 0.5) is 0 Å². The van der Waals surface area contributed by atoms with E-state index < -0.39 is 12.1 Å². The number of rotatable bonds is 7. The van der Waals surface area contributed by atoms with Gasteiger partial charge in [-0.25, -0.2) is 4.79 Å². The molecule has 0 unspecified atom stereocenters. The van der Waals surface area contributed by atoms with E-state index in [1.807, 2.05) is 36.4 Å². The topological polar surface area (TPSA) is 65.0 Å². The second kappa shape index (κ2) is 7.78. The number of hydrogen-bond acceptors (Lipinski definition) is 4. The van der Waals surface area contributed by atoms with E-state index in [0.29, 0.717) is 22.8 Å². The lowest BCUT2D eigenvalue weighted by Crippen LogP contribution is -2.29. The summed E-state index contributed by atoms with van der Waals surface area (Å²) in [4.78, 5) is 11.7. The maximum Gasteiger partial charge on any atom is 0.345 e. The third-order valence-electron chi connectivity index (χ3n) is 4.17.